The Morgan fingerprint density at radius 1 is 1.53 bits per heavy atom. The maximum atomic E-state index is 11.6. The van der Waals surface area contributed by atoms with E-state index >= 15 is 0 Å². The van der Waals surface area contributed by atoms with Crippen molar-refractivity contribution in [3.8, 4) is 0 Å². The molecule has 6 nitrogen and oxygen atoms in total. The van der Waals surface area contributed by atoms with Crippen molar-refractivity contribution in [2.45, 2.75) is 12.0 Å². The number of rotatable bonds is 3. The summed E-state index contributed by atoms with van der Waals surface area (Å²) in [5.41, 5.74) is 4.39. The number of nitrogens with two attached hydrogens (primary N) is 1. The third kappa shape index (κ3) is 2.66. The zero-order valence-corrected chi connectivity index (χ0v) is 9.06. The molecule has 0 radical (unpaired) electrons. The molecule has 6 heteroatoms. The number of carboxylic acid groups (broad SMARTS) is 1. The van der Waals surface area contributed by atoms with Crippen LogP contribution in [0.4, 0.5) is 0 Å². The molecule has 0 saturated carbocycles. The summed E-state index contributed by atoms with van der Waals surface area (Å²) >= 11 is 0. The maximum Gasteiger partial charge on any atom is 0.325 e. The average Bonchev–Trinajstić information content (AvgIpc) is 2.48. The van der Waals surface area contributed by atoms with Gasteiger partial charge in [-0.15, -0.1) is 0 Å². The molecule has 0 aromatic heterocycles. The molecule has 1 saturated heterocycles. The first-order valence-corrected chi connectivity index (χ1v) is 4.80. The summed E-state index contributed by atoms with van der Waals surface area (Å²) in [6.45, 7) is 0.820. The maximum absolute atomic E-state index is 11.6. The van der Waals surface area contributed by atoms with Crippen LogP contribution in [0.1, 0.15) is 6.42 Å². The van der Waals surface area contributed by atoms with Crippen LogP contribution >= 0.6 is 0 Å². The smallest absolute Gasteiger partial charge is 0.325 e. The molecular formula is C9H17N3O3. The molecule has 3 N–H and O–H groups in total. The highest BCUT2D eigenvalue weighted by Gasteiger charge is 2.42. The highest BCUT2D eigenvalue weighted by Crippen LogP contribution is 2.18. The zero-order chi connectivity index (χ0) is 11.6. The largest absolute Gasteiger partial charge is 0.480 e. The van der Waals surface area contributed by atoms with Crippen molar-refractivity contribution >= 4 is 11.9 Å². The van der Waals surface area contributed by atoms with Crippen molar-refractivity contribution in [2.75, 3.05) is 33.7 Å². The van der Waals surface area contributed by atoms with Gasteiger partial charge in [0.15, 0.2) is 0 Å². The lowest BCUT2D eigenvalue weighted by Crippen LogP contribution is -2.51. The molecule has 1 atom stereocenters. The highest BCUT2D eigenvalue weighted by molar-refractivity contribution is 5.83. The van der Waals surface area contributed by atoms with Gasteiger partial charge in [0.1, 0.15) is 5.54 Å². The topological polar surface area (TPSA) is 86.9 Å². The number of hydrogen-bond acceptors (Lipinski definition) is 4. The Morgan fingerprint density at radius 3 is 2.53 bits per heavy atom. The average molecular weight is 215 g/mol. The lowest BCUT2D eigenvalue weighted by atomic mass is 10.0. The second-order valence-electron chi connectivity index (χ2n) is 4.26. The Hall–Kier alpha value is -1.14. The SMILES string of the molecule is CN(C)CC(=O)N1CCC(N)(C(=O)O)C1. The van der Waals surface area contributed by atoms with Crippen molar-refractivity contribution in [1.29, 1.82) is 0 Å². The minimum absolute atomic E-state index is 0.0754. The van der Waals surface area contributed by atoms with Gasteiger partial charge in [-0.3, -0.25) is 9.59 Å². The fraction of sp³-hybridized carbons (Fsp3) is 0.778. The minimum atomic E-state index is -1.26. The van der Waals surface area contributed by atoms with Crippen LogP contribution in [-0.2, 0) is 9.59 Å². The summed E-state index contributed by atoms with van der Waals surface area (Å²) in [7, 11) is 3.59. The molecule has 0 bridgehead atoms. The van der Waals surface area contributed by atoms with Crippen LogP contribution in [0.2, 0.25) is 0 Å². The van der Waals surface area contributed by atoms with E-state index < -0.39 is 11.5 Å². The third-order valence-electron chi connectivity index (χ3n) is 2.53. The molecule has 1 aliphatic heterocycles. The predicted octanol–water partition coefficient (Wildman–Crippen LogP) is -1.44. The van der Waals surface area contributed by atoms with E-state index in [1.807, 2.05) is 0 Å². The van der Waals surface area contributed by atoms with E-state index in [1.165, 1.54) is 4.90 Å². The van der Waals surface area contributed by atoms with Crippen LogP contribution in [0.25, 0.3) is 0 Å². The van der Waals surface area contributed by atoms with Crippen LogP contribution in [0, 0.1) is 0 Å². The number of carboxylic acids is 1. The number of carbonyl (C=O) groups excluding carboxylic acids is 1. The van der Waals surface area contributed by atoms with Gasteiger partial charge in [-0.25, -0.2) is 0 Å². The minimum Gasteiger partial charge on any atom is -0.480 e. The number of likely N-dealkylation sites (tertiary alicyclic amines) is 1. The fourth-order valence-corrected chi connectivity index (χ4v) is 1.59. The predicted molar refractivity (Wildman–Crippen MR) is 54.3 cm³/mol. The highest BCUT2D eigenvalue weighted by atomic mass is 16.4. The molecule has 15 heavy (non-hydrogen) atoms. The molecule has 0 aliphatic carbocycles. The van der Waals surface area contributed by atoms with Crippen molar-refractivity contribution < 1.29 is 14.7 Å². The molecule has 0 spiro atoms. The molecule has 1 fully saturated rings. The van der Waals surface area contributed by atoms with Crippen LogP contribution in [0.5, 0.6) is 0 Å². The van der Waals surface area contributed by atoms with Gasteiger partial charge in [0.25, 0.3) is 0 Å². The van der Waals surface area contributed by atoms with Crippen LogP contribution in [-0.4, -0.2) is 66.1 Å². The van der Waals surface area contributed by atoms with Crippen LogP contribution < -0.4 is 5.73 Å². The number of nitrogens with zero attached hydrogens (tertiary/aromatic N) is 2. The summed E-state index contributed by atoms with van der Waals surface area (Å²) in [6.07, 6.45) is 0.321. The molecule has 1 aliphatic rings. The quantitative estimate of drug-likeness (QED) is 0.602. The number of hydrogen-bond donors (Lipinski definition) is 2. The van der Waals surface area contributed by atoms with E-state index in [9.17, 15) is 9.59 Å². The molecular weight excluding hydrogens is 198 g/mol. The molecule has 0 aromatic rings. The van der Waals surface area contributed by atoms with Gasteiger partial charge in [0.2, 0.25) is 5.91 Å². The second-order valence-corrected chi connectivity index (χ2v) is 4.26. The molecule has 0 aromatic carbocycles. The summed E-state index contributed by atoms with van der Waals surface area (Å²) in [4.78, 5) is 25.7. The zero-order valence-electron chi connectivity index (χ0n) is 9.06. The van der Waals surface area contributed by atoms with Gasteiger partial charge in [0, 0.05) is 13.1 Å². The molecule has 1 unspecified atom stereocenters. The molecule has 86 valence electrons. The van der Waals surface area contributed by atoms with Gasteiger partial charge in [-0.1, -0.05) is 0 Å². The van der Waals surface area contributed by atoms with Crippen molar-refractivity contribution in [3.05, 3.63) is 0 Å². The Bertz CT molecular complexity index is 280. The summed E-state index contributed by atoms with van der Waals surface area (Å²) in [5.74, 6) is -1.11. The van der Waals surface area contributed by atoms with Gasteiger partial charge < -0.3 is 20.6 Å². The van der Waals surface area contributed by atoms with Crippen molar-refractivity contribution in [1.82, 2.24) is 9.80 Å². The first-order chi connectivity index (χ1) is 6.85. The Balaban J connectivity index is 2.56. The Kier molecular flexibility index (Phi) is 3.31. The van der Waals surface area contributed by atoms with E-state index in [1.54, 1.807) is 19.0 Å². The number of carbonyl (C=O) groups is 2. The lowest BCUT2D eigenvalue weighted by molar-refractivity contribution is -0.143. The summed E-state index contributed by atoms with van der Waals surface area (Å²) in [6, 6.07) is 0. The van der Waals surface area contributed by atoms with Crippen LogP contribution in [0.3, 0.4) is 0 Å². The first kappa shape index (κ1) is 11.9. The fourth-order valence-electron chi connectivity index (χ4n) is 1.59. The molecule has 1 amide bonds. The van der Waals surface area contributed by atoms with E-state index in [4.69, 9.17) is 10.8 Å². The van der Waals surface area contributed by atoms with Crippen molar-refractivity contribution in [3.63, 3.8) is 0 Å². The van der Waals surface area contributed by atoms with Crippen molar-refractivity contribution in [2.24, 2.45) is 5.73 Å². The van der Waals surface area contributed by atoms with Crippen LogP contribution in [0.15, 0.2) is 0 Å². The van der Waals surface area contributed by atoms with Gasteiger partial charge in [0.05, 0.1) is 6.54 Å². The second kappa shape index (κ2) is 4.16. The lowest BCUT2D eigenvalue weighted by Gasteiger charge is -2.21. The Labute approximate surface area is 88.6 Å². The first-order valence-electron chi connectivity index (χ1n) is 4.80. The molecule has 1 rings (SSSR count). The standard InChI is InChI=1S/C9H17N3O3/c1-11(2)5-7(13)12-4-3-9(10,6-12)8(14)15/h3-6,10H2,1-2H3,(H,14,15). The van der Waals surface area contributed by atoms with E-state index in [0.29, 0.717) is 13.0 Å². The number of aliphatic carboxylic acids is 1. The van der Waals surface area contributed by atoms with E-state index in [2.05, 4.69) is 0 Å². The third-order valence-corrected chi connectivity index (χ3v) is 2.53. The van der Waals surface area contributed by atoms with Gasteiger partial charge in [-0.2, -0.15) is 0 Å². The normalized spacial score (nSPS) is 26.0. The Morgan fingerprint density at radius 2 is 2.13 bits per heavy atom. The summed E-state index contributed by atoms with van der Waals surface area (Å²) in [5, 5.41) is 8.88. The van der Waals surface area contributed by atoms with Gasteiger partial charge >= 0.3 is 5.97 Å². The monoisotopic (exact) mass is 215 g/mol. The van der Waals surface area contributed by atoms with E-state index in [-0.39, 0.29) is 19.0 Å². The summed E-state index contributed by atoms with van der Waals surface area (Å²) < 4.78 is 0. The molecule has 1 heterocycles. The van der Waals surface area contributed by atoms with Gasteiger partial charge in [-0.05, 0) is 20.5 Å². The number of amides is 1. The number of likely N-dealkylation sites (N-methyl/N-ethyl adjacent to an activating group) is 1. The van der Waals surface area contributed by atoms with E-state index in [0.717, 1.165) is 0 Å².